The zero-order valence-corrected chi connectivity index (χ0v) is 9.63. The first-order valence-electron chi connectivity index (χ1n) is 5.02. The summed E-state index contributed by atoms with van der Waals surface area (Å²) in [6, 6.07) is 1.10. The number of likely N-dealkylation sites (N-methyl/N-ethyl adjacent to an activating group) is 2. The van der Waals surface area contributed by atoms with Crippen LogP contribution in [0.1, 0.15) is 20.3 Å². The minimum atomic E-state index is 0.477. The van der Waals surface area contributed by atoms with Crippen LogP contribution in [-0.2, 0) is 4.74 Å². The minimum Gasteiger partial charge on any atom is -0.383 e. The number of hydrogen-bond donors (Lipinski definition) is 1. The smallest absolute Gasteiger partial charge is 0.0630 e. The zero-order chi connectivity index (χ0) is 10.3. The Balaban J connectivity index is 4.00. The van der Waals surface area contributed by atoms with E-state index in [-0.39, 0.29) is 0 Å². The Morgan fingerprint density at radius 1 is 1.46 bits per heavy atom. The molecule has 2 atom stereocenters. The zero-order valence-electron chi connectivity index (χ0n) is 9.63. The maximum Gasteiger partial charge on any atom is 0.0630 e. The van der Waals surface area contributed by atoms with E-state index in [1.165, 1.54) is 6.42 Å². The van der Waals surface area contributed by atoms with Crippen LogP contribution in [-0.4, -0.2) is 51.3 Å². The molecule has 0 aliphatic heterocycles. The normalized spacial score (nSPS) is 16.2. The van der Waals surface area contributed by atoms with Gasteiger partial charge in [-0.05, 0) is 27.4 Å². The van der Waals surface area contributed by atoms with Crippen LogP contribution in [0.5, 0.6) is 0 Å². The van der Waals surface area contributed by atoms with E-state index < -0.39 is 0 Å². The van der Waals surface area contributed by atoms with Gasteiger partial charge in [0.2, 0.25) is 0 Å². The Morgan fingerprint density at radius 2 is 2.08 bits per heavy atom. The maximum atomic E-state index is 5.19. The lowest BCUT2D eigenvalue weighted by Gasteiger charge is -2.32. The van der Waals surface area contributed by atoms with Crippen LogP contribution in [0.2, 0.25) is 0 Å². The highest BCUT2D eigenvalue weighted by Crippen LogP contribution is 2.05. The topological polar surface area (TPSA) is 24.5 Å². The predicted molar refractivity (Wildman–Crippen MR) is 57.1 cm³/mol. The standard InChI is InChI=1S/C10H24N2O/c1-6-9(2)12(4)10(7-11-3)8-13-5/h9-11H,6-8H2,1-5H3. The summed E-state index contributed by atoms with van der Waals surface area (Å²) in [4.78, 5) is 2.38. The van der Waals surface area contributed by atoms with Crippen LogP contribution >= 0.6 is 0 Å². The van der Waals surface area contributed by atoms with Gasteiger partial charge in [-0.1, -0.05) is 6.92 Å². The Bertz CT molecular complexity index is 113. The van der Waals surface area contributed by atoms with E-state index >= 15 is 0 Å². The summed E-state index contributed by atoms with van der Waals surface area (Å²) in [5.41, 5.74) is 0. The Kier molecular flexibility index (Phi) is 7.23. The van der Waals surface area contributed by atoms with Crippen LogP contribution in [0.4, 0.5) is 0 Å². The lowest BCUT2D eigenvalue weighted by atomic mass is 10.1. The fourth-order valence-corrected chi connectivity index (χ4v) is 1.40. The van der Waals surface area contributed by atoms with Crippen LogP contribution in [0, 0.1) is 0 Å². The second-order valence-electron chi connectivity index (χ2n) is 3.59. The van der Waals surface area contributed by atoms with Crippen molar-refractivity contribution in [3.63, 3.8) is 0 Å². The van der Waals surface area contributed by atoms with E-state index in [0.29, 0.717) is 12.1 Å². The van der Waals surface area contributed by atoms with Crippen molar-refractivity contribution in [2.45, 2.75) is 32.4 Å². The van der Waals surface area contributed by atoms with Gasteiger partial charge >= 0.3 is 0 Å². The third-order valence-corrected chi connectivity index (χ3v) is 2.66. The molecule has 0 amide bonds. The second-order valence-corrected chi connectivity index (χ2v) is 3.59. The first kappa shape index (κ1) is 12.9. The van der Waals surface area contributed by atoms with Gasteiger partial charge in [0.05, 0.1) is 6.61 Å². The molecule has 3 nitrogen and oxygen atoms in total. The molecule has 3 heteroatoms. The summed E-state index contributed by atoms with van der Waals surface area (Å²) >= 11 is 0. The lowest BCUT2D eigenvalue weighted by molar-refractivity contribution is 0.0837. The third kappa shape index (κ3) is 4.60. The molecule has 0 rings (SSSR count). The van der Waals surface area contributed by atoms with E-state index in [1.54, 1.807) is 7.11 Å². The third-order valence-electron chi connectivity index (χ3n) is 2.66. The number of hydrogen-bond acceptors (Lipinski definition) is 3. The van der Waals surface area contributed by atoms with Crippen molar-refractivity contribution in [3.8, 4) is 0 Å². The summed E-state index contributed by atoms with van der Waals surface area (Å²) in [7, 11) is 5.90. The Hall–Kier alpha value is -0.120. The van der Waals surface area contributed by atoms with Gasteiger partial charge < -0.3 is 10.1 Å². The maximum absolute atomic E-state index is 5.19. The van der Waals surface area contributed by atoms with Crippen LogP contribution < -0.4 is 5.32 Å². The number of nitrogens with one attached hydrogen (secondary N) is 1. The highest BCUT2D eigenvalue weighted by molar-refractivity contribution is 4.74. The molecule has 13 heavy (non-hydrogen) atoms. The molecule has 0 saturated carbocycles. The van der Waals surface area contributed by atoms with Crippen LogP contribution in [0.3, 0.4) is 0 Å². The van der Waals surface area contributed by atoms with Gasteiger partial charge in [-0.2, -0.15) is 0 Å². The van der Waals surface area contributed by atoms with Gasteiger partial charge in [0.15, 0.2) is 0 Å². The fourth-order valence-electron chi connectivity index (χ4n) is 1.40. The minimum absolute atomic E-state index is 0.477. The first-order valence-corrected chi connectivity index (χ1v) is 5.02. The number of methoxy groups -OCH3 is 1. The molecule has 0 aliphatic rings. The van der Waals surface area contributed by atoms with Gasteiger partial charge in [0, 0.05) is 25.7 Å². The van der Waals surface area contributed by atoms with Crippen molar-refractivity contribution in [2.75, 3.05) is 34.4 Å². The molecule has 0 heterocycles. The Morgan fingerprint density at radius 3 is 2.46 bits per heavy atom. The molecule has 80 valence electrons. The summed E-state index contributed by atoms with van der Waals surface area (Å²) in [5, 5.41) is 3.19. The van der Waals surface area contributed by atoms with Gasteiger partial charge in [-0.15, -0.1) is 0 Å². The van der Waals surface area contributed by atoms with E-state index in [2.05, 4.69) is 31.1 Å². The van der Waals surface area contributed by atoms with E-state index in [0.717, 1.165) is 13.2 Å². The number of ether oxygens (including phenoxy) is 1. The van der Waals surface area contributed by atoms with E-state index in [1.807, 2.05) is 7.05 Å². The molecular weight excluding hydrogens is 164 g/mol. The number of rotatable bonds is 7. The summed E-state index contributed by atoms with van der Waals surface area (Å²) in [6.07, 6.45) is 1.18. The molecule has 0 aromatic heterocycles. The quantitative estimate of drug-likeness (QED) is 0.644. The highest BCUT2D eigenvalue weighted by Gasteiger charge is 2.17. The first-order chi connectivity index (χ1) is 6.17. The largest absolute Gasteiger partial charge is 0.383 e. The lowest BCUT2D eigenvalue weighted by Crippen LogP contribution is -2.46. The molecule has 0 bridgehead atoms. The van der Waals surface area contributed by atoms with Crippen LogP contribution in [0.25, 0.3) is 0 Å². The molecule has 0 spiro atoms. The molecule has 1 N–H and O–H groups in total. The van der Waals surface area contributed by atoms with Gasteiger partial charge in [-0.25, -0.2) is 0 Å². The Labute approximate surface area is 82.4 Å². The van der Waals surface area contributed by atoms with E-state index in [9.17, 15) is 0 Å². The monoisotopic (exact) mass is 188 g/mol. The molecule has 0 aliphatic carbocycles. The molecule has 2 unspecified atom stereocenters. The number of nitrogens with zero attached hydrogens (tertiary/aromatic N) is 1. The summed E-state index contributed by atoms with van der Waals surface area (Å²) < 4.78 is 5.19. The van der Waals surface area contributed by atoms with Crippen molar-refractivity contribution < 1.29 is 4.74 Å². The SMILES string of the molecule is CCC(C)N(C)C(CNC)COC. The van der Waals surface area contributed by atoms with Crippen molar-refractivity contribution >= 4 is 0 Å². The van der Waals surface area contributed by atoms with Gasteiger partial charge in [0.1, 0.15) is 0 Å². The molecule has 0 fully saturated rings. The highest BCUT2D eigenvalue weighted by atomic mass is 16.5. The average molecular weight is 188 g/mol. The predicted octanol–water partition coefficient (Wildman–Crippen LogP) is 0.951. The van der Waals surface area contributed by atoms with Crippen molar-refractivity contribution in [3.05, 3.63) is 0 Å². The molecule has 0 saturated heterocycles. The molecule has 0 aromatic rings. The second kappa shape index (κ2) is 7.30. The van der Waals surface area contributed by atoms with Crippen molar-refractivity contribution in [1.29, 1.82) is 0 Å². The summed E-state index contributed by atoms with van der Waals surface area (Å²) in [5.74, 6) is 0. The van der Waals surface area contributed by atoms with Crippen molar-refractivity contribution in [2.24, 2.45) is 0 Å². The van der Waals surface area contributed by atoms with E-state index in [4.69, 9.17) is 4.74 Å². The van der Waals surface area contributed by atoms with Crippen molar-refractivity contribution in [1.82, 2.24) is 10.2 Å². The summed E-state index contributed by atoms with van der Waals surface area (Å²) in [6.45, 7) is 6.24. The molecule has 0 aromatic carbocycles. The van der Waals surface area contributed by atoms with Gasteiger partial charge in [0.25, 0.3) is 0 Å². The average Bonchev–Trinajstić information content (AvgIpc) is 2.15. The fraction of sp³-hybridized carbons (Fsp3) is 1.00. The molecule has 0 radical (unpaired) electrons. The van der Waals surface area contributed by atoms with Gasteiger partial charge in [-0.3, -0.25) is 4.90 Å². The van der Waals surface area contributed by atoms with Crippen LogP contribution in [0.15, 0.2) is 0 Å². The molecular formula is C10H24N2O.